The first-order valence-electron chi connectivity index (χ1n) is 9.42. The lowest BCUT2D eigenvalue weighted by molar-refractivity contribution is -0.120. The average molecular weight is 387 g/mol. The fourth-order valence-corrected chi connectivity index (χ4v) is 3.18. The van der Waals surface area contributed by atoms with Crippen molar-refractivity contribution in [1.82, 2.24) is 4.98 Å². The Balaban J connectivity index is 1.49. The molecule has 29 heavy (non-hydrogen) atoms. The van der Waals surface area contributed by atoms with Crippen molar-refractivity contribution in [2.45, 2.75) is 19.8 Å². The Morgan fingerprint density at radius 1 is 1.07 bits per heavy atom. The SMILES string of the molecule is CC(C)c1ccc2[nH]c(O)c(N=NC(=O)COc3ccc4ccccc4c3)c2c1. The molecule has 0 aliphatic rings. The second-order valence-corrected chi connectivity index (χ2v) is 7.17. The van der Waals surface area contributed by atoms with Gasteiger partial charge in [0.15, 0.2) is 12.3 Å². The van der Waals surface area contributed by atoms with Crippen molar-refractivity contribution >= 4 is 33.3 Å². The number of carbonyl (C=O) groups excluding carboxylic acids is 1. The Kier molecular flexibility index (Phi) is 4.99. The number of fused-ring (bicyclic) bond motifs is 2. The van der Waals surface area contributed by atoms with E-state index in [4.69, 9.17) is 4.74 Å². The third-order valence-electron chi connectivity index (χ3n) is 4.79. The van der Waals surface area contributed by atoms with Gasteiger partial charge in [-0.1, -0.05) is 50.2 Å². The van der Waals surface area contributed by atoms with E-state index in [0.717, 1.165) is 27.2 Å². The van der Waals surface area contributed by atoms with Crippen LogP contribution < -0.4 is 4.74 Å². The maximum Gasteiger partial charge on any atom is 0.302 e. The summed E-state index contributed by atoms with van der Waals surface area (Å²) in [6.07, 6.45) is 0. The Bertz CT molecular complexity index is 1220. The molecule has 0 unspecified atom stereocenters. The largest absolute Gasteiger partial charge is 0.493 e. The maximum atomic E-state index is 12.1. The summed E-state index contributed by atoms with van der Waals surface area (Å²) in [4.78, 5) is 15.0. The molecular formula is C23H21N3O3. The molecule has 1 heterocycles. The minimum absolute atomic E-state index is 0.118. The number of benzene rings is 3. The van der Waals surface area contributed by atoms with Gasteiger partial charge in [0.1, 0.15) is 5.75 Å². The van der Waals surface area contributed by atoms with Crippen LogP contribution in [0.5, 0.6) is 11.6 Å². The number of hydrogen-bond donors (Lipinski definition) is 2. The number of nitrogens with zero attached hydrogens (tertiary/aromatic N) is 2. The summed E-state index contributed by atoms with van der Waals surface area (Å²) >= 11 is 0. The third-order valence-corrected chi connectivity index (χ3v) is 4.79. The quantitative estimate of drug-likeness (QED) is 0.422. The number of carbonyl (C=O) groups is 1. The highest BCUT2D eigenvalue weighted by molar-refractivity contribution is 5.95. The number of ether oxygens (including phenoxy) is 1. The molecule has 3 aromatic carbocycles. The molecule has 0 radical (unpaired) electrons. The van der Waals surface area contributed by atoms with Gasteiger partial charge in [-0.15, -0.1) is 10.2 Å². The minimum atomic E-state index is -0.535. The highest BCUT2D eigenvalue weighted by Gasteiger charge is 2.13. The Morgan fingerprint density at radius 2 is 1.86 bits per heavy atom. The van der Waals surface area contributed by atoms with Gasteiger partial charge >= 0.3 is 5.91 Å². The lowest BCUT2D eigenvalue weighted by Crippen LogP contribution is -2.07. The van der Waals surface area contributed by atoms with Gasteiger partial charge in [0, 0.05) is 5.39 Å². The van der Waals surface area contributed by atoms with Gasteiger partial charge in [-0.05, 0) is 46.5 Å². The summed E-state index contributed by atoms with van der Waals surface area (Å²) in [5.41, 5.74) is 2.10. The second kappa shape index (κ2) is 7.75. The molecule has 6 nitrogen and oxygen atoms in total. The Labute approximate surface area is 167 Å². The molecular weight excluding hydrogens is 366 g/mol. The van der Waals surface area contributed by atoms with E-state index in [1.54, 1.807) is 0 Å². The van der Waals surface area contributed by atoms with E-state index in [0.29, 0.717) is 11.7 Å². The number of aromatic hydroxyl groups is 1. The fraction of sp³-hybridized carbons (Fsp3) is 0.174. The van der Waals surface area contributed by atoms with E-state index in [2.05, 4.69) is 29.1 Å². The second-order valence-electron chi connectivity index (χ2n) is 7.17. The van der Waals surface area contributed by atoms with Gasteiger partial charge in [-0.25, -0.2) is 0 Å². The Hall–Kier alpha value is -3.67. The van der Waals surface area contributed by atoms with Gasteiger partial charge in [-0.2, -0.15) is 0 Å². The summed E-state index contributed by atoms with van der Waals surface area (Å²) in [5.74, 6) is 0.266. The van der Waals surface area contributed by atoms with Gasteiger partial charge in [0.05, 0.1) is 5.52 Å². The molecule has 0 aliphatic heterocycles. The highest BCUT2D eigenvalue weighted by Crippen LogP contribution is 2.37. The summed E-state index contributed by atoms with van der Waals surface area (Å²) < 4.78 is 5.54. The van der Waals surface area contributed by atoms with E-state index in [9.17, 15) is 9.90 Å². The van der Waals surface area contributed by atoms with Gasteiger partial charge in [-0.3, -0.25) is 4.79 Å². The molecule has 0 fully saturated rings. The monoisotopic (exact) mass is 387 g/mol. The van der Waals surface area contributed by atoms with E-state index >= 15 is 0 Å². The zero-order chi connectivity index (χ0) is 20.4. The smallest absolute Gasteiger partial charge is 0.302 e. The van der Waals surface area contributed by atoms with Gasteiger partial charge in [0.25, 0.3) is 0 Å². The van der Waals surface area contributed by atoms with Crippen LogP contribution in [0.25, 0.3) is 21.7 Å². The lowest BCUT2D eigenvalue weighted by atomic mass is 10.0. The first-order valence-corrected chi connectivity index (χ1v) is 9.42. The van der Waals surface area contributed by atoms with E-state index < -0.39 is 5.91 Å². The molecule has 0 bridgehead atoms. The van der Waals surface area contributed by atoms with Crippen LogP contribution in [0, 0.1) is 0 Å². The number of hydrogen-bond acceptors (Lipinski definition) is 4. The molecule has 1 amide bonds. The zero-order valence-corrected chi connectivity index (χ0v) is 16.2. The standard InChI is InChI=1S/C23H21N3O3/c1-14(2)16-8-10-20-19(12-16)22(23(28)24-20)26-25-21(27)13-29-18-9-7-15-5-3-4-6-17(15)11-18/h3-12,14,24,28H,13H2,1-2H3. The van der Waals surface area contributed by atoms with Crippen LogP contribution in [0.1, 0.15) is 25.3 Å². The molecule has 0 saturated carbocycles. The highest BCUT2D eigenvalue weighted by atomic mass is 16.5. The predicted molar refractivity (Wildman–Crippen MR) is 113 cm³/mol. The van der Waals surface area contributed by atoms with Crippen LogP contribution in [0.3, 0.4) is 0 Å². The third kappa shape index (κ3) is 3.96. The molecule has 1 aromatic heterocycles. The number of aromatic amines is 1. The van der Waals surface area contributed by atoms with Crippen molar-refractivity contribution in [2.75, 3.05) is 6.61 Å². The van der Waals surface area contributed by atoms with E-state index in [-0.39, 0.29) is 18.2 Å². The average Bonchev–Trinajstić information content (AvgIpc) is 3.04. The Morgan fingerprint density at radius 3 is 2.66 bits per heavy atom. The number of H-pyrrole nitrogens is 1. The van der Waals surface area contributed by atoms with Gasteiger partial charge < -0.3 is 14.8 Å². The number of amides is 1. The summed E-state index contributed by atoms with van der Waals surface area (Å²) in [5, 5.41) is 20.7. The van der Waals surface area contributed by atoms with Crippen molar-refractivity contribution in [3.8, 4) is 11.6 Å². The summed E-state index contributed by atoms with van der Waals surface area (Å²) in [7, 11) is 0. The lowest BCUT2D eigenvalue weighted by Gasteiger charge is -2.05. The van der Waals surface area contributed by atoms with Crippen molar-refractivity contribution in [3.05, 3.63) is 66.2 Å². The van der Waals surface area contributed by atoms with Crippen LogP contribution in [0.4, 0.5) is 5.69 Å². The van der Waals surface area contributed by atoms with Crippen LogP contribution in [-0.2, 0) is 4.79 Å². The first-order chi connectivity index (χ1) is 14.0. The van der Waals surface area contributed by atoms with Crippen LogP contribution in [0.2, 0.25) is 0 Å². The number of aromatic nitrogens is 1. The molecule has 4 rings (SSSR count). The maximum absolute atomic E-state index is 12.1. The van der Waals surface area contributed by atoms with E-state index in [1.165, 1.54) is 0 Å². The molecule has 0 spiro atoms. The number of azo groups is 1. The topological polar surface area (TPSA) is 87.0 Å². The van der Waals surface area contributed by atoms with Crippen LogP contribution >= 0.6 is 0 Å². The van der Waals surface area contributed by atoms with Gasteiger partial charge in [0.2, 0.25) is 5.88 Å². The molecule has 0 saturated heterocycles. The zero-order valence-electron chi connectivity index (χ0n) is 16.2. The van der Waals surface area contributed by atoms with E-state index in [1.807, 2.05) is 60.7 Å². The molecule has 6 heteroatoms. The molecule has 146 valence electrons. The number of rotatable bonds is 5. The summed E-state index contributed by atoms with van der Waals surface area (Å²) in [6, 6.07) is 19.4. The van der Waals surface area contributed by atoms with Crippen molar-refractivity contribution in [1.29, 1.82) is 0 Å². The van der Waals surface area contributed by atoms with Crippen LogP contribution in [-0.4, -0.2) is 22.6 Å². The molecule has 4 aromatic rings. The predicted octanol–water partition coefficient (Wildman–Crippen LogP) is 5.84. The normalized spacial score (nSPS) is 11.7. The molecule has 0 aliphatic carbocycles. The summed E-state index contributed by atoms with van der Waals surface area (Å²) in [6.45, 7) is 3.94. The van der Waals surface area contributed by atoms with Crippen LogP contribution in [0.15, 0.2) is 70.9 Å². The minimum Gasteiger partial charge on any atom is -0.493 e. The van der Waals surface area contributed by atoms with Crippen molar-refractivity contribution in [3.63, 3.8) is 0 Å². The molecule has 0 atom stereocenters. The molecule has 2 N–H and O–H groups in total. The fourth-order valence-electron chi connectivity index (χ4n) is 3.18. The van der Waals surface area contributed by atoms with Crippen molar-refractivity contribution < 1.29 is 14.6 Å². The number of nitrogens with one attached hydrogen (secondary N) is 1. The van der Waals surface area contributed by atoms with Crippen molar-refractivity contribution in [2.24, 2.45) is 10.2 Å². The first kappa shape index (κ1) is 18.7.